The third kappa shape index (κ3) is 6.02. The summed E-state index contributed by atoms with van der Waals surface area (Å²) >= 11 is 0. The van der Waals surface area contributed by atoms with Gasteiger partial charge in [0.15, 0.2) is 5.82 Å². The first-order chi connectivity index (χ1) is 29.0. The van der Waals surface area contributed by atoms with Gasteiger partial charge < -0.3 is 0 Å². The minimum atomic E-state index is -2.23. The molecular formula is C56H40N2Si. The Balaban J connectivity index is 1.09. The molecule has 0 amide bonds. The maximum Gasteiger partial charge on any atom is 0.160 e. The van der Waals surface area contributed by atoms with Gasteiger partial charge in [0.1, 0.15) is 8.07 Å². The third-order valence-corrected chi connectivity index (χ3v) is 15.5. The lowest BCUT2D eigenvalue weighted by atomic mass is 9.91. The van der Waals surface area contributed by atoms with Crippen molar-refractivity contribution in [3.8, 4) is 78.3 Å². The van der Waals surface area contributed by atoms with E-state index in [4.69, 9.17) is 9.97 Å². The zero-order valence-electron chi connectivity index (χ0n) is 33.0. The van der Waals surface area contributed by atoms with E-state index >= 15 is 0 Å². The molecule has 1 aliphatic rings. The maximum absolute atomic E-state index is 5.59. The van der Waals surface area contributed by atoms with Gasteiger partial charge in [0.05, 0.1) is 5.69 Å². The third-order valence-electron chi connectivity index (χ3n) is 12.2. The number of nitrogens with zero attached hydrogens (tertiary/aromatic N) is 2. The summed E-state index contributed by atoms with van der Waals surface area (Å²) in [4.78, 5) is 11.2. The number of hydrogen-bond acceptors (Lipinski definition) is 2. The van der Waals surface area contributed by atoms with Crippen LogP contribution in [0.2, 0.25) is 13.1 Å². The molecule has 9 aromatic carbocycles. The number of hydrogen-bond donors (Lipinski definition) is 0. The monoisotopic (exact) mass is 768 g/mol. The molecule has 11 rings (SSSR count). The van der Waals surface area contributed by atoms with E-state index in [-0.39, 0.29) is 0 Å². The molecule has 2 heterocycles. The van der Waals surface area contributed by atoms with Gasteiger partial charge in [0.25, 0.3) is 0 Å². The van der Waals surface area contributed by atoms with Crippen molar-refractivity contribution in [2.75, 3.05) is 0 Å². The molecule has 0 aliphatic carbocycles. The second-order valence-electron chi connectivity index (χ2n) is 16.2. The molecule has 59 heavy (non-hydrogen) atoms. The molecule has 0 N–H and O–H groups in total. The van der Waals surface area contributed by atoms with E-state index in [1.165, 1.54) is 76.6 Å². The van der Waals surface area contributed by atoms with Gasteiger partial charge in [0.2, 0.25) is 0 Å². The summed E-state index contributed by atoms with van der Waals surface area (Å²) in [5, 5.41) is 7.49. The van der Waals surface area contributed by atoms with Crippen LogP contribution in [0.25, 0.3) is 99.8 Å². The predicted octanol–water partition coefficient (Wildman–Crippen LogP) is 13.6. The lowest BCUT2D eigenvalue weighted by molar-refractivity contribution is 1.21. The van der Waals surface area contributed by atoms with Crippen LogP contribution in [0.1, 0.15) is 0 Å². The lowest BCUT2D eigenvalue weighted by Gasteiger charge is -2.19. The fourth-order valence-corrected chi connectivity index (χ4v) is 12.1. The number of rotatable bonds is 6. The molecule has 0 unspecified atom stereocenters. The normalized spacial score (nSPS) is 12.7. The van der Waals surface area contributed by atoms with Crippen molar-refractivity contribution in [3.05, 3.63) is 206 Å². The molecule has 0 radical (unpaired) electrons. The van der Waals surface area contributed by atoms with Crippen molar-refractivity contribution < 1.29 is 0 Å². The topological polar surface area (TPSA) is 25.8 Å². The van der Waals surface area contributed by atoms with Crippen molar-refractivity contribution in [2.45, 2.75) is 13.1 Å². The Morgan fingerprint density at radius 3 is 1.46 bits per heavy atom. The maximum atomic E-state index is 5.59. The Hall–Kier alpha value is -7.20. The van der Waals surface area contributed by atoms with Crippen LogP contribution >= 0.6 is 0 Å². The fraction of sp³-hybridized carbons (Fsp3) is 0.0357. The van der Waals surface area contributed by atoms with Crippen molar-refractivity contribution in [2.24, 2.45) is 0 Å². The fourth-order valence-electron chi connectivity index (χ4n) is 9.20. The van der Waals surface area contributed by atoms with E-state index in [1.807, 2.05) is 0 Å². The molecular weight excluding hydrogens is 729 g/mol. The van der Waals surface area contributed by atoms with E-state index in [0.717, 1.165) is 33.8 Å². The van der Waals surface area contributed by atoms with Crippen LogP contribution in [-0.4, -0.2) is 18.0 Å². The van der Waals surface area contributed by atoms with Gasteiger partial charge in [-0.05, 0) is 107 Å². The summed E-state index contributed by atoms with van der Waals surface area (Å²) in [7, 11) is -2.23. The smallest absolute Gasteiger partial charge is 0.160 e. The molecule has 1 aromatic heterocycles. The van der Waals surface area contributed by atoms with E-state index in [1.54, 1.807) is 0 Å². The van der Waals surface area contributed by atoms with Gasteiger partial charge in [-0.3, -0.25) is 0 Å². The molecule has 1 aliphatic heterocycles. The van der Waals surface area contributed by atoms with Crippen LogP contribution in [0.5, 0.6) is 0 Å². The van der Waals surface area contributed by atoms with Crippen LogP contribution in [0.15, 0.2) is 206 Å². The average molecular weight is 769 g/mol. The summed E-state index contributed by atoms with van der Waals surface area (Å²) in [6.45, 7) is 4.90. The highest BCUT2D eigenvalue weighted by atomic mass is 28.3. The van der Waals surface area contributed by atoms with Gasteiger partial charge in [0, 0.05) is 22.0 Å². The molecule has 0 fully saturated rings. The number of fused-ring (bicyclic) bond motifs is 6. The molecule has 0 spiro atoms. The largest absolute Gasteiger partial charge is 0.237 e. The standard InChI is InChI=1S/C56H40N2Si/c1-59(2)51-31-30-40-21-10-12-28-49(40)52(51)53-54(57-55(58-56(53)59)50-29-15-22-39-20-9-11-27-48(39)50)44-26-14-24-42(33-44)41-23-13-25-43(32-41)47-35-45(37-16-5-3-6-17-37)34-46(36-47)38-18-7-4-8-19-38/h3-36H,1-2H3. The van der Waals surface area contributed by atoms with E-state index in [0.29, 0.717) is 0 Å². The minimum absolute atomic E-state index is 0.785. The average Bonchev–Trinajstić information content (AvgIpc) is 3.54. The highest BCUT2D eigenvalue weighted by Crippen LogP contribution is 2.42. The molecule has 0 saturated heterocycles. The zero-order chi connectivity index (χ0) is 39.5. The van der Waals surface area contributed by atoms with Crippen molar-refractivity contribution >= 4 is 40.1 Å². The van der Waals surface area contributed by atoms with Crippen LogP contribution in [0.3, 0.4) is 0 Å². The summed E-state index contributed by atoms with van der Waals surface area (Å²) in [5.74, 6) is 0.785. The summed E-state index contributed by atoms with van der Waals surface area (Å²) in [6, 6.07) is 74.8. The van der Waals surface area contributed by atoms with E-state index in [9.17, 15) is 0 Å². The number of benzene rings is 9. The summed E-state index contributed by atoms with van der Waals surface area (Å²) < 4.78 is 0. The van der Waals surface area contributed by atoms with Crippen molar-refractivity contribution in [3.63, 3.8) is 0 Å². The quantitative estimate of drug-likeness (QED) is 0.157. The van der Waals surface area contributed by atoms with Crippen LogP contribution in [0.4, 0.5) is 0 Å². The van der Waals surface area contributed by atoms with E-state index < -0.39 is 8.07 Å². The molecule has 10 aromatic rings. The molecule has 0 atom stereocenters. The first-order valence-electron chi connectivity index (χ1n) is 20.4. The SMILES string of the molecule is C[Si]1(C)c2ccc3ccccc3c2-c2c(-c3cccc(-c4cccc(-c5cc(-c6ccccc6)cc(-c6ccccc6)c5)c4)c3)nc(-c3cccc4ccccc34)nc21. The first-order valence-corrected chi connectivity index (χ1v) is 23.4. The van der Waals surface area contributed by atoms with Crippen molar-refractivity contribution in [1.82, 2.24) is 9.97 Å². The highest BCUT2D eigenvalue weighted by molar-refractivity contribution is 7.03. The van der Waals surface area contributed by atoms with Gasteiger partial charge in [-0.15, -0.1) is 0 Å². The molecule has 2 nitrogen and oxygen atoms in total. The second kappa shape index (κ2) is 14.0. The molecule has 3 heteroatoms. The van der Waals surface area contributed by atoms with Gasteiger partial charge in [-0.2, -0.15) is 0 Å². The van der Waals surface area contributed by atoms with Crippen LogP contribution in [-0.2, 0) is 0 Å². The number of aromatic nitrogens is 2. The van der Waals surface area contributed by atoms with Gasteiger partial charge >= 0.3 is 0 Å². The minimum Gasteiger partial charge on any atom is -0.237 e. The molecule has 0 saturated carbocycles. The Bertz CT molecular complexity index is 3180. The highest BCUT2D eigenvalue weighted by Gasteiger charge is 2.42. The summed E-state index contributed by atoms with van der Waals surface area (Å²) in [5.41, 5.74) is 15.1. The van der Waals surface area contributed by atoms with Crippen LogP contribution < -0.4 is 10.5 Å². The Morgan fingerprint density at radius 2 is 0.797 bits per heavy atom. The lowest BCUT2D eigenvalue weighted by Crippen LogP contribution is -2.50. The summed E-state index contributed by atoms with van der Waals surface area (Å²) in [6.07, 6.45) is 0. The zero-order valence-corrected chi connectivity index (χ0v) is 34.0. The Morgan fingerprint density at radius 1 is 0.339 bits per heavy atom. The van der Waals surface area contributed by atoms with E-state index in [2.05, 4.69) is 219 Å². The Kier molecular flexibility index (Phi) is 8.31. The Labute approximate surface area is 346 Å². The molecule has 0 bridgehead atoms. The van der Waals surface area contributed by atoms with Crippen molar-refractivity contribution in [1.29, 1.82) is 0 Å². The second-order valence-corrected chi connectivity index (χ2v) is 20.4. The molecule has 278 valence electrons. The van der Waals surface area contributed by atoms with Crippen LogP contribution in [0, 0.1) is 0 Å². The van der Waals surface area contributed by atoms with Gasteiger partial charge in [-0.1, -0.05) is 189 Å². The predicted molar refractivity (Wildman–Crippen MR) is 252 cm³/mol. The van der Waals surface area contributed by atoms with Gasteiger partial charge in [-0.25, -0.2) is 9.97 Å². The first kappa shape index (κ1) is 35.0.